The number of fused-ring (bicyclic) bond motifs is 1. The van der Waals surface area contributed by atoms with Gasteiger partial charge in [0.25, 0.3) is 0 Å². The third-order valence-electron chi connectivity index (χ3n) is 3.16. The first-order valence-electron chi connectivity index (χ1n) is 6.34. The largest absolute Gasteiger partial charge is 0.496 e. The molecule has 0 aliphatic heterocycles. The average molecular weight is 371 g/mol. The van der Waals surface area contributed by atoms with Gasteiger partial charge in [-0.15, -0.1) is 11.3 Å². The van der Waals surface area contributed by atoms with Crippen LogP contribution in [0.4, 0.5) is 0 Å². The SMILES string of the molecule is COC(=O)[C@@H](C)CC(=O)c1cc2cc(OC)c(Br)cc2s1. The number of hydrogen-bond donors (Lipinski definition) is 0. The highest BCUT2D eigenvalue weighted by atomic mass is 79.9. The van der Waals surface area contributed by atoms with Crippen molar-refractivity contribution < 1.29 is 19.1 Å². The Balaban J connectivity index is 2.26. The standard InChI is InChI=1S/C15H15BrO4S/c1-8(15(18)20-3)4-11(17)14-6-9-5-12(19-2)10(16)7-13(9)21-14/h5-8H,4H2,1-3H3/t8-/m0/s1. The van der Waals surface area contributed by atoms with Gasteiger partial charge in [0.1, 0.15) is 5.75 Å². The Morgan fingerprint density at radius 2 is 2.00 bits per heavy atom. The molecule has 0 amide bonds. The number of rotatable bonds is 5. The number of methoxy groups -OCH3 is 2. The van der Waals surface area contributed by atoms with Gasteiger partial charge in [0, 0.05) is 11.1 Å². The molecule has 0 N–H and O–H groups in total. The van der Waals surface area contributed by atoms with Crippen LogP contribution >= 0.6 is 27.3 Å². The third kappa shape index (κ3) is 3.44. The Morgan fingerprint density at radius 3 is 2.62 bits per heavy atom. The van der Waals surface area contributed by atoms with E-state index in [0.717, 1.165) is 20.3 Å². The van der Waals surface area contributed by atoms with Crippen LogP contribution in [0.25, 0.3) is 10.1 Å². The van der Waals surface area contributed by atoms with Gasteiger partial charge in [0.15, 0.2) is 5.78 Å². The van der Waals surface area contributed by atoms with E-state index < -0.39 is 5.92 Å². The van der Waals surface area contributed by atoms with Gasteiger partial charge in [0.2, 0.25) is 0 Å². The summed E-state index contributed by atoms with van der Waals surface area (Å²) < 4.78 is 11.7. The molecule has 1 heterocycles. The Labute approximate surface area is 135 Å². The lowest BCUT2D eigenvalue weighted by atomic mass is 10.0. The number of ketones is 1. The minimum atomic E-state index is -0.436. The number of carbonyl (C=O) groups excluding carboxylic acids is 2. The summed E-state index contributed by atoms with van der Waals surface area (Å²) in [6, 6.07) is 5.65. The molecule has 0 bridgehead atoms. The molecule has 0 saturated heterocycles. The fraction of sp³-hybridized carbons (Fsp3) is 0.333. The maximum Gasteiger partial charge on any atom is 0.308 e. The fourth-order valence-electron chi connectivity index (χ4n) is 2.00. The number of hydrogen-bond acceptors (Lipinski definition) is 5. The Kier molecular flexibility index (Phi) is 5.00. The molecule has 2 rings (SSSR count). The molecule has 112 valence electrons. The summed E-state index contributed by atoms with van der Waals surface area (Å²) in [5, 5.41) is 0.953. The van der Waals surface area contributed by atoms with Crippen LogP contribution in [0.1, 0.15) is 23.0 Å². The van der Waals surface area contributed by atoms with Crippen LogP contribution in [0.2, 0.25) is 0 Å². The first kappa shape index (κ1) is 16.0. The van der Waals surface area contributed by atoms with Crippen molar-refractivity contribution in [3.05, 3.63) is 27.5 Å². The Bertz CT molecular complexity index is 692. The summed E-state index contributed by atoms with van der Waals surface area (Å²) in [6.45, 7) is 1.69. The number of benzene rings is 1. The molecule has 1 aromatic heterocycles. The third-order valence-corrected chi connectivity index (χ3v) is 4.92. The topological polar surface area (TPSA) is 52.6 Å². The molecule has 1 aromatic carbocycles. The predicted molar refractivity (Wildman–Crippen MR) is 86.2 cm³/mol. The highest BCUT2D eigenvalue weighted by Crippen LogP contribution is 2.35. The van der Waals surface area contributed by atoms with Gasteiger partial charge in [-0.3, -0.25) is 9.59 Å². The van der Waals surface area contributed by atoms with Crippen molar-refractivity contribution in [2.24, 2.45) is 5.92 Å². The van der Waals surface area contributed by atoms with E-state index in [1.807, 2.05) is 18.2 Å². The van der Waals surface area contributed by atoms with Crippen LogP contribution in [0.15, 0.2) is 22.7 Å². The van der Waals surface area contributed by atoms with E-state index in [4.69, 9.17) is 4.74 Å². The molecule has 0 spiro atoms. The van der Waals surface area contributed by atoms with Crippen LogP contribution in [0.5, 0.6) is 5.75 Å². The minimum absolute atomic E-state index is 0.0517. The minimum Gasteiger partial charge on any atom is -0.496 e. The van der Waals surface area contributed by atoms with E-state index >= 15 is 0 Å². The molecule has 0 aliphatic carbocycles. The molecule has 0 saturated carbocycles. The van der Waals surface area contributed by atoms with Crippen LogP contribution in [-0.4, -0.2) is 26.0 Å². The van der Waals surface area contributed by atoms with Gasteiger partial charge in [-0.2, -0.15) is 0 Å². The summed E-state index contributed by atoms with van der Waals surface area (Å²) in [6.07, 6.45) is 0.151. The van der Waals surface area contributed by atoms with Gasteiger partial charge in [0.05, 0.1) is 29.5 Å². The van der Waals surface area contributed by atoms with Gasteiger partial charge in [-0.1, -0.05) is 6.92 Å². The van der Waals surface area contributed by atoms with E-state index in [0.29, 0.717) is 4.88 Å². The number of Topliss-reactive ketones (excluding diaryl/α,β-unsaturated/α-hetero) is 1. The smallest absolute Gasteiger partial charge is 0.308 e. The van der Waals surface area contributed by atoms with E-state index in [2.05, 4.69) is 20.7 Å². The molecule has 0 radical (unpaired) electrons. The van der Waals surface area contributed by atoms with Crippen molar-refractivity contribution in [1.29, 1.82) is 0 Å². The molecule has 1 atom stereocenters. The lowest BCUT2D eigenvalue weighted by molar-refractivity contribution is -0.144. The van der Waals surface area contributed by atoms with Crippen LogP contribution in [0, 0.1) is 5.92 Å². The van der Waals surface area contributed by atoms with Crippen molar-refractivity contribution in [3.63, 3.8) is 0 Å². The van der Waals surface area contributed by atoms with Crippen molar-refractivity contribution in [2.45, 2.75) is 13.3 Å². The predicted octanol–water partition coefficient (Wildman–Crippen LogP) is 4.05. The van der Waals surface area contributed by atoms with Gasteiger partial charge >= 0.3 is 5.97 Å². The van der Waals surface area contributed by atoms with E-state index in [9.17, 15) is 9.59 Å². The van der Waals surface area contributed by atoms with Crippen LogP contribution in [0.3, 0.4) is 0 Å². The molecular formula is C15H15BrO4S. The quantitative estimate of drug-likeness (QED) is 0.588. The van der Waals surface area contributed by atoms with Gasteiger partial charge in [-0.05, 0) is 39.5 Å². The number of esters is 1. The molecule has 0 fully saturated rings. The normalized spacial score (nSPS) is 12.2. The average Bonchev–Trinajstić information content (AvgIpc) is 2.87. The van der Waals surface area contributed by atoms with Crippen LogP contribution < -0.4 is 4.74 Å². The lowest BCUT2D eigenvalue weighted by Crippen LogP contribution is -2.16. The Morgan fingerprint density at radius 1 is 1.29 bits per heavy atom. The van der Waals surface area contributed by atoms with Crippen molar-refractivity contribution >= 4 is 49.1 Å². The van der Waals surface area contributed by atoms with E-state index in [-0.39, 0.29) is 18.2 Å². The van der Waals surface area contributed by atoms with E-state index in [1.54, 1.807) is 14.0 Å². The maximum absolute atomic E-state index is 12.2. The summed E-state index contributed by atoms with van der Waals surface area (Å²) in [7, 11) is 2.93. The van der Waals surface area contributed by atoms with Gasteiger partial charge in [-0.25, -0.2) is 0 Å². The first-order chi connectivity index (χ1) is 9.96. The maximum atomic E-state index is 12.2. The molecule has 2 aromatic rings. The highest BCUT2D eigenvalue weighted by Gasteiger charge is 2.20. The van der Waals surface area contributed by atoms with Gasteiger partial charge < -0.3 is 9.47 Å². The number of carbonyl (C=O) groups is 2. The van der Waals surface area contributed by atoms with Crippen molar-refractivity contribution in [1.82, 2.24) is 0 Å². The summed E-state index contributed by atoms with van der Waals surface area (Å²) in [5.74, 6) is -0.130. The summed E-state index contributed by atoms with van der Waals surface area (Å²) in [5.41, 5.74) is 0. The summed E-state index contributed by atoms with van der Waals surface area (Å²) >= 11 is 4.84. The monoisotopic (exact) mass is 370 g/mol. The zero-order chi connectivity index (χ0) is 15.6. The first-order valence-corrected chi connectivity index (χ1v) is 7.95. The van der Waals surface area contributed by atoms with Crippen molar-refractivity contribution in [2.75, 3.05) is 14.2 Å². The number of halogens is 1. The van der Waals surface area contributed by atoms with Crippen molar-refractivity contribution in [3.8, 4) is 5.75 Å². The van der Waals surface area contributed by atoms with E-state index in [1.165, 1.54) is 18.4 Å². The second-order valence-electron chi connectivity index (χ2n) is 4.69. The lowest BCUT2D eigenvalue weighted by Gasteiger charge is -2.06. The Hall–Kier alpha value is -1.40. The molecule has 6 heteroatoms. The number of ether oxygens (including phenoxy) is 2. The molecule has 21 heavy (non-hydrogen) atoms. The number of thiophene rings is 1. The fourth-order valence-corrected chi connectivity index (χ4v) is 3.69. The molecular weight excluding hydrogens is 356 g/mol. The summed E-state index contributed by atoms with van der Waals surface area (Å²) in [4.78, 5) is 24.3. The molecule has 0 aliphatic rings. The van der Waals surface area contributed by atoms with Crippen LogP contribution in [-0.2, 0) is 9.53 Å². The molecule has 4 nitrogen and oxygen atoms in total. The second kappa shape index (κ2) is 6.58. The zero-order valence-corrected chi connectivity index (χ0v) is 14.3. The highest BCUT2D eigenvalue weighted by molar-refractivity contribution is 9.10. The zero-order valence-electron chi connectivity index (χ0n) is 11.9. The second-order valence-corrected chi connectivity index (χ2v) is 6.62. The molecule has 0 unspecified atom stereocenters.